The quantitative estimate of drug-likeness (QED) is 0.601. The van der Waals surface area contributed by atoms with Crippen molar-refractivity contribution in [3.63, 3.8) is 0 Å². The summed E-state index contributed by atoms with van der Waals surface area (Å²) in [6.45, 7) is 2.62. The molecule has 29 heavy (non-hydrogen) atoms. The van der Waals surface area contributed by atoms with Crippen LogP contribution in [0, 0.1) is 0 Å². The third kappa shape index (κ3) is 4.92. The molecule has 3 aromatic rings. The minimum absolute atomic E-state index is 0.165. The average molecular weight is 393 g/mol. The number of rotatable bonds is 7. The zero-order chi connectivity index (χ0) is 20.8. The molecule has 0 aliphatic carbocycles. The van der Waals surface area contributed by atoms with Crippen LogP contribution in [0.2, 0.25) is 0 Å². The van der Waals surface area contributed by atoms with Gasteiger partial charge in [-0.05, 0) is 42.8 Å². The molecule has 3 rings (SSSR count). The van der Waals surface area contributed by atoms with Crippen LogP contribution in [0.25, 0.3) is 11.3 Å². The van der Waals surface area contributed by atoms with Crippen molar-refractivity contribution in [3.05, 3.63) is 83.1 Å². The number of furan rings is 1. The Morgan fingerprint density at radius 1 is 0.931 bits per heavy atom. The first-order valence-electron chi connectivity index (χ1n) is 9.21. The van der Waals surface area contributed by atoms with E-state index in [4.69, 9.17) is 13.9 Å². The molecule has 0 aliphatic rings. The number of nitrogens with one attached hydrogen (secondary N) is 1. The van der Waals surface area contributed by atoms with E-state index in [1.807, 2.05) is 30.3 Å². The highest BCUT2D eigenvalue weighted by Crippen LogP contribution is 2.26. The molecule has 0 aliphatic heterocycles. The lowest BCUT2D eigenvalue weighted by atomic mass is 10.0. The number of methoxy groups -OCH3 is 2. The highest BCUT2D eigenvalue weighted by atomic mass is 16.5. The van der Waals surface area contributed by atoms with Crippen LogP contribution in [0.5, 0.6) is 0 Å². The van der Waals surface area contributed by atoms with Crippen molar-refractivity contribution in [2.75, 3.05) is 14.2 Å². The zero-order valence-electron chi connectivity index (χ0n) is 16.6. The molecule has 2 aromatic carbocycles. The molecular formula is C23H23NO5. The van der Waals surface area contributed by atoms with Crippen LogP contribution < -0.4 is 5.32 Å². The summed E-state index contributed by atoms with van der Waals surface area (Å²) in [7, 11) is 2.58. The zero-order valence-corrected chi connectivity index (χ0v) is 16.6. The van der Waals surface area contributed by atoms with Crippen LogP contribution >= 0.6 is 0 Å². The van der Waals surface area contributed by atoms with Gasteiger partial charge in [0.05, 0.1) is 31.9 Å². The van der Waals surface area contributed by atoms with Gasteiger partial charge in [-0.25, -0.2) is 9.59 Å². The summed E-state index contributed by atoms with van der Waals surface area (Å²) in [5, 5.41) is 3.42. The van der Waals surface area contributed by atoms with Gasteiger partial charge in [0, 0.05) is 11.6 Å². The van der Waals surface area contributed by atoms with E-state index in [-0.39, 0.29) is 17.2 Å². The third-order valence-electron chi connectivity index (χ3n) is 4.60. The molecular weight excluding hydrogens is 370 g/mol. The lowest BCUT2D eigenvalue weighted by Gasteiger charge is -2.13. The molecule has 0 bridgehead atoms. The Kier molecular flexibility index (Phi) is 6.46. The first-order valence-corrected chi connectivity index (χ1v) is 9.21. The molecule has 0 saturated carbocycles. The average Bonchev–Trinajstić information content (AvgIpc) is 3.25. The Balaban J connectivity index is 1.80. The van der Waals surface area contributed by atoms with Gasteiger partial charge in [-0.3, -0.25) is 0 Å². The largest absolute Gasteiger partial charge is 0.465 e. The molecule has 0 amide bonds. The van der Waals surface area contributed by atoms with Crippen LogP contribution in [0.3, 0.4) is 0 Å². The predicted octanol–water partition coefficient (Wildman–Crippen LogP) is 4.37. The number of esters is 2. The maximum Gasteiger partial charge on any atom is 0.337 e. The predicted molar refractivity (Wildman–Crippen MR) is 109 cm³/mol. The summed E-state index contributed by atoms with van der Waals surface area (Å²) in [5.74, 6) is 0.209. The van der Waals surface area contributed by atoms with Gasteiger partial charge in [0.15, 0.2) is 0 Å². The van der Waals surface area contributed by atoms with Crippen molar-refractivity contribution >= 4 is 11.9 Å². The summed E-state index contributed by atoms with van der Waals surface area (Å²) in [5.41, 5.74) is 2.28. The van der Waals surface area contributed by atoms with Gasteiger partial charge < -0.3 is 19.2 Å². The van der Waals surface area contributed by atoms with Crippen molar-refractivity contribution in [1.82, 2.24) is 5.32 Å². The summed E-state index contributed by atoms with van der Waals surface area (Å²) < 4.78 is 15.5. The summed E-state index contributed by atoms with van der Waals surface area (Å²) in [4.78, 5) is 23.9. The van der Waals surface area contributed by atoms with Crippen molar-refractivity contribution in [1.29, 1.82) is 0 Å². The van der Waals surface area contributed by atoms with Gasteiger partial charge in [0.25, 0.3) is 0 Å². The Hall–Kier alpha value is -3.38. The van der Waals surface area contributed by atoms with Crippen molar-refractivity contribution in [2.24, 2.45) is 0 Å². The van der Waals surface area contributed by atoms with Crippen LogP contribution in [0.15, 0.2) is 65.1 Å². The Labute approximate surface area is 169 Å². The van der Waals surface area contributed by atoms with Crippen LogP contribution in [-0.4, -0.2) is 26.2 Å². The maximum atomic E-state index is 12.0. The fourth-order valence-corrected chi connectivity index (χ4v) is 2.98. The number of hydrogen-bond donors (Lipinski definition) is 1. The molecule has 6 nitrogen and oxygen atoms in total. The van der Waals surface area contributed by atoms with Gasteiger partial charge in [-0.15, -0.1) is 0 Å². The highest BCUT2D eigenvalue weighted by molar-refractivity contribution is 5.97. The van der Waals surface area contributed by atoms with Crippen molar-refractivity contribution < 1.29 is 23.5 Å². The number of carbonyl (C=O) groups excluding carboxylic acids is 2. The van der Waals surface area contributed by atoms with Gasteiger partial charge >= 0.3 is 11.9 Å². The maximum absolute atomic E-state index is 12.0. The Bertz CT molecular complexity index is 959. The van der Waals surface area contributed by atoms with E-state index in [2.05, 4.69) is 24.4 Å². The smallest absolute Gasteiger partial charge is 0.337 e. The fourth-order valence-electron chi connectivity index (χ4n) is 2.98. The van der Waals surface area contributed by atoms with Crippen molar-refractivity contribution in [3.8, 4) is 11.3 Å². The molecule has 1 aromatic heterocycles. The highest BCUT2D eigenvalue weighted by Gasteiger charge is 2.16. The van der Waals surface area contributed by atoms with Gasteiger partial charge in [-0.1, -0.05) is 30.3 Å². The SMILES string of the molecule is COC(=O)c1cc(C(=O)OC)cc(-c2ccc(CNC(C)c3ccccc3)o2)c1. The summed E-state index contributed by atoms with van der Waals surface area (Å²) >= 11 is 0. The first kappa shape index (κ1) is 20.4. The van der Waals surface area contributed by atoms with Crippen LogP contribution in [0.4, 0.5) is 0 Å². The number of hydrogen-bond acceptors (Lipinski definition) is 6. The van der Waals surface area contributed by atoms with Crippen molar-refractivity contribution in [2.45, 2.75) is 19.5 Å². The molecule has 1 N–H and O–H groups in total. The second kappa shape index (κ2) is 9.21. The van der Waals surface area contributed by atoms with E-state index in [0.717, 1.165) is 5.76 Å². The first-order chi connectivity index (χ1) is 14.0. The second-order valence-corrected chi connectivity index (χ2v) is 6.56. The summed E-state index contributed by atoms with van der Waals surface area (Å²) in [6, 6.07) is 18.7. The normalized spacial score (nSPS) is 11.7. The Morgan fingerprint density at radius 3 is 2.14 bits per heavy atom. The van der Waals surface area contributed by atoms with E-state index in [0.29, 0.717) is 17.9 Å². The molecule has 1 heterocycles. The molecule has 1 unspecified atom stereocenters. The van der Waals surface area contributed by atoms with Gasteiger partial charge in [0.1, 0.15) is 11.5 Å². The van der Waals surface area contributed by atoms with E-state index in [9.17, 15) is 9.59 Å². The monoisotopic (exact) mass is 393 g/mol. The summed E-state index contributed by atoms with van der Waals surface area (Å²) in [6.07, 6.45) is 0. The third-order valence-corrected chi connectivity index (χ3v) is 4.60. The fraction of sp³-hybridized carbons (Fsp3) is 0.217. The molecule has 0 radical (unpaired) electrons. The number of ether oxygens (including phenoxy) is 2. The van der Waals surface area contributed by atoms with E-state index in [1.165, 1.54) is 25.8 Å². The topological polar surface area (TPSA) is 77.8 Å². The Morgan fingerprint density at radius 2 is 1.55 bits per heavy atom. The number of carbonyl (C=O) groups is 2. The number of benzene rings is 2. The lowest BCUT2D eigenvalue weighted by molar-refractivity contribution is 0.0599. The molecule has 0 saturated heterocycles. The lowest BCUT2D eigenvalue weighted by Crippen LogP contribution is -2.17. The van der Waals surface area contributed by atoms with Gasteiger partial charge in [0.2, 0.25) is 0 Å². The second-order valence-electron chi connectivity index (χ2n) is 6.56. The standard InChI is InChI=1S/C23H23NO5/c1-15(16-7-5-4-6-8-16)24-14-20-9-10-21(29-20)17-11-18(22(25)27-2)13-19(12-17)23(26)28-3/h4-13,15,24H,14H2,1-3H3. The van der Waals surface area contributed by atoms with E-state index < -0.39 is 11.9 Å². The molecule has 0 spiro atoms. The van der Waals surface area contributed by atoms with E-state index in [1.54, 1.807) is 12.1 Å². The van der Waals surface area contributed by atoms with Gasteiger partial charge in [-0.2, -0.15) is 0 Å². The molecule has 6 heteroatoms. The minimum atomic E-state index is -0.540. The minimum Gasteiger partial charge on any atom is -0.465 e. The molecule has 0 fully saturated rings. The molecule has 150 valence electrons. The van der Waals surface area contributed by atoms with Crippen LogP contribution in [-0.2, 0) is 16.0 Å². The van der Waals surface area contributed by atoms with Crippen LogP contribution in [0.1, 0.15) is 45.0 Å². The molecule has 1 atom stereocenters. The van der Waals surface area contributed by atoms with E-state index >= 15 is 0 Å².